The second-order valence-electron chi connectivity index (χ2n) is 6.15. The Balaban J connectivity index is 1.41. The average Bonchev–Trinajstić information content (AvgIpc) is 3.22. The molecule has 0 aliphatic carbocycles. The molecule has 0 aliphatic rings. The van der Waals surface area contributed by atoms with E-state index >= 15 is 0 Å². The highest BCUT2D eigenvalue weighted by Gasteiger charge is 2.10. The van der Waals surface area contributed by atoms with Crippen LogP contribution >= 0.6 is 11.3 Å². The van der Waals surface area contributed by atoms with Crippen molar-refractivity contribution in [1.82, 2.24) is 24.7 Å². The van der Waals surface area contributed by atoms with Gasteiger partial charge in [0.25, 0.3) is 0 Å². The number of benzene rings is 1. The van der Waals surface area contributed by atoms with E-state index in [1.165, 1.54) is 5.56 Å². The smallest absolute Gasteiger partial charge is 0.193 e. The van der Waals surface area contributed by atoms with Crippen molar-refractivity contribution in [3.05, 3.63) is 71.3 Å². The molecule has 1 aromatic carbocycles. The maximum absolute atomic E-state index is 4.63. The minimum absolute atomic E-state index is 0.170. The molecule has 126 valence electrons. The zero-order valence-corrected chi connectivity index (χ0v) is 15.0. The number of aromatic nitrogens is 4. The second-order valence-corrected chi connectivity index (χ2v) is 7.02. The molecule has 25 heavy (non-hydrogen) atoms. The summed E-state index contributed by atoms with van der Waals surface area (Å²) in [5.74, 6) is 0.759. The van der Waals surface area contributed by atoms with Gasteiger partial charge in [0.1, 0.15) is 0 Å². The zero-order chi connectivity index (χ0) is 17.2. The fraction of sp³-hybridized carbons (Fsp3) is 0.211. The number of hydrogen-bond acceptors (Lipinski definition) is 5. The van der Waals surface area contributed by atoms with Gasteiger partial charge < -0.3 is 5.32 Å². The highest BCUT2D eigenvalue weighted by Crippen LogP contribution is 2.18. The second kappa shape index (κ2) is 6.74. The average molecular weight is 349 g/mol. The summed E-state index contributed by atoms with van der Waals surface area (Å²) in [6.45, 7) is 4.90. The fourth-order valence-corrected chi connectivity index (χ4v) is 3.42. The molecule has 3 heterocycles. The van der Waals surface area contributed by atoms with Crippen molar-refractivity contribution in [2.45, 2.75) is 26.4 Å². The zero-order valence-electron chi connectivity index (χ0n) is 14.2. The molecule has 0 spiro atoms. The molecule has 0 bridgehead atoms. The summed E-state index contributed by atoms with van der Waals surface area (Å²) in [4.78, 5) is 14.7. The highest BCUT2D eigenvalue weighted by molar-refractivity contribution is 7.15. The van der Waals surface area contributed by atoms with Crippen LogP contribution in [0.15, 0.2) is 54.4 Å². The van der Waals surface area contributed by atoms with Gasteiger partial charge in [0.2, 0.25) is 0 Å². The van der Waals surface area contributed by atoms with Crippen molar-refractivity contribution < 1.29 is 0 Å². The van der Waals surface area contributed by atoms with Crippen LogP contribution < -0.4 is 5.32 Å². The molecule has 0 aliphatic heterocycles. The number of nitrogens with zero attached hydrogens (tertiary/aromatic N) is 4. The Kier molecular flexibility index (Phi) is 4.29. The van der Waals surface area contributed by atoms with Gasteiger partial charge in [-0.2, -0.15) is 0 Å². The minimum Gasteiger partial charge on any atom is -0.305 e. The van der Waals surface area contributed by atoms with Crippen LogP contribution in [-0.2, 0) is 6.54 Å². The summed E-state index contributed by atoms with van der Waals surface area (Å²) in [5, 5.41) is 5.52. The van der Waals surface area contributed by atoms with Gasteiger partial charge in [0, 0.05) is 53.9 Å². The summed E-state index contributed by atoms with van der Waals surface area (Å²) in [6, 6.07) is 8.40. The van der Waals surface area contributed by atoms with E-state index in [0.29, 0.717) is 6.54 Å². The van der Waals surface area contributed by atoms with E-state index in [-0.39, 0.29) is 6.04 Å². The monoisotopic (exact) mass is 349 g/mol. The summed E-state index contributed by atoms with van der Waals surface area (Å²) >= 11 is 1.64. The van der Waals surface area contributed by atoms with Crippen molar-refractivity contribution in [3.8, 4) is 11.4 Å². The quantitative estimate of drug-likeness (QED) is 0.591. The number of rotatable bonds is 5. The van der Waals surface area contributed by atoms with E-state index in [2.05, 4.69) is 56.8 Å². The molecule has 1 N–H and O–H groups in total. The van der Waals surface area contributed by atoms with Gasteiger partial charge in [-0.1, -0.05) is 23.8 Å². The van der Waals surface area contributed by atoms with Crippen LogP contribution in [0.1, 0.15) is 29.8 Å². The number of imidazole rings is 1. The largest absolute Gasteiger partial charge is 0.305 e. The molecule has 3 aromatic heterocycles. The van der Waals surface area contributed by atoms with Gasteiger partial charge in [-0.05, 0) is 19.9 Å². The normalized spacial score (nSPS) is 12.6. The number of aryl methyl sites for hydroxylation is 1. The Morgan fingerprint density at radius 3 is 2.84 bits per heavy atom. The van der Waals surface area contributed by atoms with Crippen LogP contribution in [0.4, 0.5) is 0 Å². The maximum atomic E-state index is 4.63. The molecular formula is C19H19N5S. The lowest BCUT2D eigenvalue weighted by Gasteiger charge is -2.11. The first kappa shape index (κ1) is 15.9. The van der Waals surface area contributed by atoms with E-state index in [1.807, 2.05) is 36.1 Å². The number of thiazole rings is 1. The molecule has 6 heteroatoms. The number of fused-ring (bicyclic) bond motifs is 1. The van der Waals surface area contributed by atoms with Gasteiger partial charge in [-0.25, -0.2) is 15.0 Å². The van der Waals surface area contributed by atoms with Crippen molar-refractivity contribution in [2.24, 2.45) is 0 Å². The molecule has 0 unspecified atom stereocenters. The van der Waals surface area contributed by atoms with Crippen LogP contribution in [0.5, 0.6) is 0 Å². The summed E-state index contributed by atoms with van der Waals surface area (Å²) < 4.78 is 2.05. The van der Waals surface area contributed by atoms with Crippen molar-refractivity contribution in [1.29, 1.82) is 0 Å². The number of nitrogens with one attached hydrogen (secondary N) is 1. The first-order valence-corrected chi connectivity index (χ1v) is 9.10. The van der Waals surface area contributed by atoms with Crippen molar-refractivity contribution in [3.63, 3.8) is 0 Å². The Labute approximate surface area is 150 Å². The van der Waals surface area contributed by atoms with Crippen LogP contribution in [0, 0.1) is 6.92 Å². The summed E-state index contributed by atoms with van der Waals surface area (Å²) in [7, 11) is 0. The molecule has 4 rings (SSSR count). The van der Waals surface area contributed by atoms with E-state index in [4.69, 9.17) is 0 Å². The molecule has 0 fully saturated rings. The predicted molar refractivity (Wildman–Crippen MR) is 101 cm³/mol. The first-order valence-electron chi connectivity index (χ1n) is 8.22. The summed E-state index contributed by atoms with van der Waals surface area (Å²) in [6.07, 6.45) is 7.87. The Bertz CT molecular complexity index is 958. The lowest BCUT2D eigenvalue weighted by Crippen LogP contribution is -2.18. The standard InChI is InChI=1S/C19H19N5S/c1-13-4-3-5-16(8-13)18-21-10-15(11-22-18)9-20-14(2)17-12-24-6-7-25-19(24)23-17/h3-8,10-12,14,20H,9H2,1-2H3/t14-/m1/s1. The Morgan fingerprint density at radius 1 is 1.24 bits per heavy atom. The lowest BCUT2D eigenvalue weighted by molar-refractivity contribution is 0.562. The third-order valence-electron chi connectivity index (χ3n) is 4.15. The van der Waals surface area contributed by atoms with Gasteiger partial charge >= 0.3 is 0 Å². The molecule has 0 saturated heterocycles. The van der Waals surface area contributed by atoms with Crippen molar-refractivity contribution in [2.75, 3.05) is 0 Å². The molecule has 1 atom stereocenters. The highest BCUT2D eigenvalue weighted by atomic mass is 32.1. The van der Waals surface area contributed by atoms with E-state index in [0.717, 1.165) is 27.6 Å². The first-order chi connectivity index (χ1) is 12.2. The van der Waals surface area contributed by atoms with E-state index < -0.39 is 0 Å². The Hall–Kier alpha value is -2.57. The molecule has 5 nitrogen and oxygen atoms in total. The fourth-order valence-electron chi connectivity index (χ4n) is 2.71. The molecule has 0 amide bonds. The number of hydrogen-bond donors (Lipinski definition) is 1. The van der Waals surface area contributed by atoms with Gasteiger partial charge in [0.15, 0.2) is 10.8 Å². The molecule has 0 saturated carbocycles. The van der Waals surface area contributed by atoms with E-state index in [1.54, 1.807) is 11.3 Å². The van der Waals surface area contributed by atoms with Crippen LogP contribution in [0.25, 0.3) is 16.3 Å². The Morgan fingerprint density at radius 2 is 2.08 bits per heavy atom. The molecular weight excluding hydrogens is 330 g/mol. The molecule has 0 radical (unpaired) electrons. The summed E-state index contributed by atoms with van der Waals surface area (Å²) in [5.41, 5.74) is 4.36. The minimum atomic E-state index is 0.170. The SMILES string of the molecule is Cc1cccc(-c2ncc(CN[C@H](C)c3cn4ccsc4n3)cn2)c1. The van der Waals surface area contributed by atoms with Gasteiger partial charge in [-0.3, -0.25) is 4.40 Å². The van der Waals surface area contributed by atoms with Gasteiger partial charge in [0.05, 0.1) is 5.69 Å². The predicted octanol–water partition coefficient (Wildman–Crippen LogP) is 4.01. The van der Waals surface area contributed by atoms with Crippen LogP contribution in [-0.4, -0.2) is 19.4 Å². The third kappa shape index (κ3) is 3.45. The van der Waals surface area contributed by atoms with Crippen LogP contribution in [0.3, 0.4) is 0 Å². The van der Waals surface area contributed by atoms with Crippen LogP contribution in [0.2, 0.25) is 0 Å². The topological polar surface area (TPSA) is 55.1 Å². The third-order valence-corrected chi connectivity index (χ3v) is 4.92. The molecule has 4 aromatic rings. The lowest BCUT2D eigenvalue weighted by atomic mass is 10.1. The van der Waals surface area contributed by atoms with Crippen molar-refractivity contribution >= 4 is 16.3 Å². The van der Waals surface area contributed by atoms with Gasteiger partial charge in [-0.15, -0.1) is 11.3 Å². The van der Waals surface area contributed by atoms with E-state index in [9.17, 15) is 0 Å². The maximum Gasteiger partial charge on any atom is 0.193 e.